The largest absolute Gasteiger partial charge is 0.444 e. The number of allylic oxidation sites excluding steroid dienone is 3. The SMILES string of the molecule is CCCCC(=O)/C(C)=C(/N=C(CCCC1CCC(O)CC1)/C(CC)=C(\C)CC)Nc1ccc(C2CCN(C(=O)OC(C)(C)C)CC2)c(C(F)(F)F)c1. The third kappa shape index (κ3) is 13.1. The van der Waals surface area contributed by atoms with Crippen molar-refractivity contribution in [2.24, 2.45) is 10.9 Å². The zero-order valence-electron chi connectivity index (χ0n) is 33.0. The number of anilines is 1. The Morgan fingerprint density at radius 2 is 1.60 bits per heavy atom. The molecule has 1 aromatic rings. The van der Waals surface area contributed by atoms with E-state index in [9.17, 15) is 27.9 Å². The molecule has 52 heavy (non-hydrogen) atoms. The summed E-state index contributed by atoms with van der Waals surface area (Å²) in [5.74, 6) is 0.397. The lowest BCUT2D eigenvalue weighted by Gasteiger charge is -2.34. The maximum absolute atomic E-state index is 14.7. The van der Waals surface area contributed by atoms with Gasteiger partial charge < -0.3 is 20.1 Å². The van der Waals surface area contributed by atoms with Crippen LogP contribution in [0.1, 0.15) is 162 Å². The molecule has 292 valence electrons. The number of ketones is 1. The Bertz CT molecular complexity index is 1440. The van der Waals surface area contributed by atoms with Gasteiger partial charge in [-0.1, -0.05) is 45.3 Å². The number of halogens is 3. The van der Waals surface area contributed by atoms with E-state index < -0.39 is 23.4 Å². The van der Waals surface area contributed by atoms with E-state index in [1.165, 1.54) is 11.6 Å². The molecule has 2 fully saturated rings. The highest BCUT2D eigenvalue weighted by Crippen LogP contribution is 2.41. The lowest BCUT2D eigenvalue weighted by atomic mass is 9.83. The second-order valence-corrected chi connectivity index (χ2v) is 15.8. The summed E-state index contributed by atoms with van der Waals surface area (Å²) in [5, 5.41) is 13.1. The number of ether oxygens (including phenoxy) is 1. The molecule has 0 atom stereocenters. The number of hydrogen-bond donors (Lipinski definition) is 2. The van der Waals surface area contributed by atoms with E-state index in [1.54, 1.807) is 38.7 Å². The number of likely N-dealkylation sites (tertiary alicyclic amines) is 1. The van der Waals surface area contributed by atoms with Crippen molar-refractivity contribution < 1.29 is 32.6 Å². The molecule has 0 unspecified atom stereocenters. The van der Waals surface area contributed by atoms with Gasteiger partial charge in [-0.05, 0) is 140 Å². The van der Waals surface area contributed by atoms with Crippen molar-refractivity contribution in [2.45, 2.75) is 169 Å². The van der Waals surface area contributed by atoms with Crippen LogP contribution in [0.15, 0.2) is 45.7 Å². The first-order valence-corrected chi connectivity index (χ1v) is 19.6. The second kappa shape index (κ2) is 19.8. The minimum Gasteiger partial charge on any atom is -0.444 e. The number of alkyl halides is 3. The highest BCUT2D eigenvalue weighted by molar-refractivity contribution is 6.02. The molecule has 1 aliphatic carbocycles. The summed E-state index contributed by atoms with van der Waals surface area (Å²) in [5.41, 5.74) is 2.66. The van der Waals surface area contributed by atoms with Crippen molar-refractivity contribution in [2.75, 3.05) is 18.4 Å². The van der Waals surface area contributed by atoms with Gasteiger partial charge in [0.25, 0.3) is 0 Å². The summed E-state index contributed by atoms with van der Waals surface area (Å²) in [7, 11) is 0. The Kier molecular flexibility index (Phi) is 16.5. The number of hydrogen-bond acceptors (Lipinski definition) is 6. The Morgan fingerprint density at radius 3 is 2.15 bits per heavy atom. The molecule has 2 aliphatic rings. The molecule has 0 radical (unpaired) electrons. The van der Waals surface area contributed by atoms with Crippen molar-refractivity contribution in [3.63, 3.8) is 0 Å². The molecule has 10 heteroatoms. The van der Waals surface area contributed by atoms with Gasteiger partial charge in [0.1, 0.15) is 11.4 Å². The highest BCUT2D eigenvalue weighted by atomic mass is 19.4. The van der Waals surface area contributed by atoms with E-state index in [-0.39, 0.29) is 29.1 Å². The number of rotatable bonds is 15. The summed E-state index contributed by atoms with van der Waals surface area (Å²) in [6.07, 6.45) is 5.31. The van der Waals surface area contributed by atoms with Crippen LogP contribution in [0.25, 0.3) is 0 Å². The Balaban J connectivity index is 1.98. The molecule has 7 nitrogen and oxygen atoms in total. The number of aliphatic imine (C=N–C) groups is 1. The molecule has 0 spiro atoms. The lowest BCUT2D eigenvalue weighted by Crippen LogP contribution is -2.41. The number of aliphatic hydroxyl groups excluding tert-OH is 1. The number of piperidine rings is 1. The standard InChI is InChI=1S/C42H64F3N3O4/c1-9-12-16-38(50)29(5)39(47-37(34(11-3)28(4)10-2)15-13-14-30-17-20-33(49)21-18-30)46-32-19-22-35(36(27-32)42(43,44)45)31-23-25-48(26-24-31)40(51)52-41(6,7)8/h19,22,27,30-31,33,46,49H,9-18,20-21,23-26H2,1-8H3/b34-28+,39-29+,47-37+. The number of unbranched alkanes of at least 4 members (excludes halogenated alkanes) is 1. The third-order valence-electron chi connectivity index (χ3n) is 10.6. The highest BCUT2D eigenvalue weighted by Gasteiger charge is 2.37. The predicted octanol–water partition coefficient (Wildman–Crippen LogP) is 11.5. The van der Waals surface area contributed by atoms with Crippen LogP contribution in [0.4, 0.5) is 23.7 Å². The molecular formula is C42H64F3N3O4. The quantitative estimate of drug-likeness (QED) is 0.138. The van der Waals surface area contributed by atoms with Crippen molar-refractivity contribution in [1.82, 2.24) is 4.90 Å². The predicted molar refractivity (Wildman–Crippen MR) is 205 cm³/mol. The van der Waals surface area contributed by atoms with Gasteiger partial charge in [-0.2, -0.15) is 13.2 Å². The summed E-state index contributed by atoms with van der Waals surface area (Å²) in [6, 6.07) is 4.32. The number of amides is 1. The third-order valence-corrected chi connectivity index (χ3v) is 10.6. The number of nitrogens with zero attached hydrogens (tertiary/aromatic N) is 2. The number of carbonyl (C=O) groups excluding carboxylic acids is 2. The van der Waals surface area contributed by atoms with Gasteiger partial charge in [0, 0.05) is 36.5 Å². The second-order valence-electron chi connectivity index (χ2n) is 15.8. The molecule has 3 rings (SSSR count). The number of Topliss-reactive ketones (excluding diaryl/α,β-unsaturated/α-hetero) is 1. The molecule has 0 aromatic heterocycles. The van der Waals surface area contributed by atoms with Crippen LogP contribution in [-0.2, 0) is 15.7 Å². The maximum Gasteiger partial charge on any atom is 0.416 e. The van der Waals surface area contributed by atoms with Crippen LogP contribution in [0.3, 0.4) is 0 Å². The van der Waals surface area contributed by atoms with E-state index in [0.717, 1.165) is 75.1 Å². The Morgan fingerprint density at radius 1 is 0.942 bits per heavy atom. The van der Waals surface area contributed by atoms with Gasteiger partial charge in [-0.25, -0.2) is 9.79 Å². The minimum atomic E-state index is -4.61. The van der Waals surface area contributed by atoms with E-state index in [1.807, 2.05) is 6.92 Å². The zero-order valence-corrected chi connectivity index (χ0v) is 33.0. The molecule has 1 heterocycles. The average Bonchev–Trinajstić information content (AvgIpc) is 3.09. The van der Waals surface area contributed by atoms with E-state index >= 15 is 0 Å². The van der Waals surface area contributed by atoms with Crippen LogP contribution in [0, 0.1) is 5.92 Å². The van der Waals surface area contributed by atoms with Crippen LogP contribution in [0.2, 0.25) is 0 Å². The first kappa shape index (κ1) is 43.3. The van der Waals surface area contributed by atoms with Crippen LogP contribution in [-0.4, -0.2) is 52.4 Å². The Hall–Kier alpha value is -3.14. The van der Waals surface area contributed by atoms with Crippen LogP contribution in [0.5, 0.6) is 0 Å². The minimum absolute atomic E-state index is 0.0770. The van der Waals surface area contributed by atoms with Crippen LogP contribution >= 0.6 is 0 Å². The number of aliphatic hydroxyl groups is 1. The average molecular weight is 732 g/mol. The number of nitrogens with one attached hydrogen (secondary N) is 1. The van der Waals surface area contributed by atoms with Crippen molar-refractivity contribution in [1.29, 1.82) is 0 Å². The molecule has 1 saturated heterocycles. The van der Waals surface area contributed by atoms with E-state index in [0.29, 0.717) is 62.5 Å². The summed E-state index contributed by atoms with van der Waals surface area (Å²) in [4.78, 5) is 32.7. The summed E-state index contributed by atoms with van der Waals surface area (Å²) >= 11 is 0. The van der Waals surface area contributed by atoms with Crippen molar-refractivity contribution in [3.8, 4) is 0 Å². The normalized spacial score (nSPS) is 20.3. The summed E-state index contributed by atoms with van der Waals surface area (Å²) < 4.78 is 49.6. The zero-order chi connectivity index (χ0) is 38.6. The fourth-order valence-corrected chi connectivity index (χ4v) is 7.30. The van der Waals surface area contributed by atoms with Gasteiger partial charge in [0.2, 0.25) is 0 Å². The molecule has 2 N–H and O–H groups in total. The molecule has 0 bridgehead atoms. The monoisotopic (exact) mass is 731 g/mol. The van der Waals surface area contributed by atoms with Gasteiger partial charge in [-0.3, -0.25) is 4.79 Å². The number of carbonyl (C=O) groups is 2. The van der Waals surface area contributed by atoms with E-state index in [2.05, 4.69) is 26.1 Å². The maximum atomic E-state index is 14.7. The fraction of sp³-hybridized carbons (Fsp3) is 0.690. The van der Waals surface area contributed by atoms with Crippen LogP contribution < -0.4 is 5.32 Å². The van der Waals surface area contributed by atoms with Gasteiger partial charge in [-0.15, -0.1) is 0 Å². The molecular weight excluding hydrogens is 667 g/mol. The molecule has 1 aromatic carbocycles. The lowest BCUT2D eigenvalue weighted by molar-refractivity contribution is -0.138. The molecule has 1 amide bonds. The summed E-state index contributed by atoms with van der Waals surface area (Å²) in [6.45, 7) is 16.0. The smallest absolute Gasteiger partial charge is 0.416 e. The molecule has 1 saturated carbocycles. The van der Waals surface area contributed by atoms with Crippen molar-refractivity contribution in [3.05, 3.63) is 51.9 Å². The number of benzene rings is 1. The van der Waals surface area contributed by atoms with Crippen molar-refractivity contribution >= 4 is 23.3 Å². The molecule has 1 aliphatic heterocycles. The first-order valence-electron chi connectivity index (χ1n) is 19.6. The van der Waals surface area contributed by atoms with Gasteiger partial charge >= 0.3 is 12.3 Å². The van der Waals surface area contributed by atoms with Gasteiger partial charge in [0.15, 0.2) is 5.78 Å². The fourth-order valence-electron chi connectivity index (χ4n) is 7.30. The first-order chi connectivity index (χ1) is 24.5. The van der Waals surface area contributed by atoms with E-state index in [4.69, 9.17) is 9.73 Å². The van der Waals surface area contributed by atoms with Gasteiger partial charge in [0.05, 0.1) is 11.7 Å². The Labute approximate surface area is 310 Å². The topological polar surface area (TPSA) is 91.2 Å².